The number of rotatable bonds is 3. The second kappa shape index (κ2) is 6.78. The third kappa shape index (κ3) is 3.08. The fourth-order valence-electron chi connectivity index (χ4n) is 3.54. The number of hydrogen-bond acceptors (Lipinski definition) is 2. The van der Waals surface area contributed by atoms with Crippen LogP contribution in [0.5, 0.6) is 0 Å². The van der Waals surface area contributed by atoms with Gasteiger partial charge in [0.2, 0.25) is 0 Å². The number of benzene rings is 2. The van der Waals surface area contributed by atoms with Crippen LogP contribution in [0.15, 0.2) is 36.4 Å². The predicted octanol–water partition coefficient (Wildman–Crippen LogP) is 4.12. The third-order valence-electron chi connectivity index (χ3n) is 4.79. The molecule has 1 aliphatic carbocycles. The van der Waals surface area contributed by atoms with E-state index in [1.54, 1.807) is 0 Å². The molecule has 1 fully saturated rings. The molecule has 3 rings (SSSR count). The lowest BCUT2D eigenvalue weighted by Gasteiger charge is -2.26. The standard InChI is InChI=1S/C18H23NO.ClH/c1-12-10-11-16(15-9-5-4-8-14(12)15)17(19)18(20)13-6-2-3-7-13;/h4-5,8-11,13,17-18,20H,2-3,6-7,19H2,1H3;1H/t17-,18+;/m1./s1. The largest absolute Gasteiger partial charge is 0.391 e. The zero-order valence-corrected chi connectivity index (χ0v) is 13.3. The van der Waals surface area contributed by atoms with Crippen LogP contribution in [-0.4, -0.2) is 11.2 Å². The Labute approximate surface area is 132 Å². The van der Waals surface area contributed by atoms with Crippen molar-refractivity contribution in [2.75, 3.05) is 0 Å². The molecule has 1 aliphatic rings. The fraction of sp³-hybridized carbons (Fsp3) is 0.444. The van der Waals surface area contributed by atoms with Gasteiger partial charge in [0.15, 0.2) is 0 Å². The molecule has 0 aromatic heterocycles. The lowest BCUT2D eigenvalue weighted by Crippen LogP contribution is -2.32. The molecule has 114 valence electrons. The van der Waals surface area contributed by atoms with Crippen LogP contribution >= 0.6 is 12.4 Å². The van der Waals surface area contributed by atoms with E-state index < -0.39 is 6.10 Å². The van der Waals surface area contributed by atoms with E-state index in [4.69, 9.17) is 5.73 Å². The normalized spacial score (nSPS) is 18.4. The van der Waals surface area contributed by atoms with Crippen molar-refractivity contribution in [3.63, 3.8) is 0 Å². The lowest BCUT2D eigenvalue weighted by molar-refractivity contribution is 0.0849. The minimum Gasteiger partial charge on any atom is -0.391 e. The Morgan fingerprint density at radius 2 is 1.67 bits per heavy atom. The molecule has 2 aromatic rings. The van der Waals surface area contributed by atoms with Gasteiger partial charge < -0.3 is 10.8 Å². The van der Waals surface area contributed by atoms with E-state index in [1.807, 2.05) is 6.07 Å². The first kappa shape index (κ1) is 16.3. The molecule has 2 aromatic carbocycles. The Balaban J connectivity index is 0.00000161. The summed E-state index contributed by atoms with van der Waals surface area (Å²) in [6.45, 7) is 2.12. The van der Waals surface area contributed by atoms with Crippen LogP contribution in [-0.2, 0) is 0 Å². The fourth-order valence-corrected chi connectivity index (χ4v) is 3.54. The van der Waals surface area contributed by atoms with Gasteiger partial charge in [-0.3, -0.25) is 0 Å². The molecule has 0 aliphatic heterocycles. The molecule has 1 saturated carbocycles. The molecule has 0 saturated heterocycles. The van der Waals surface area contributed by atoms with Crippen molar-refractivity contribution >= 4 is 23.2 Å². The van der Waals surface area contributed by atoms with Gasteiger partial charge in [-0.2, -0.15) is 0 Å². The highest BCUT2D eigenvalue weighted by atomic mass is 35.5. The minimum absolute atomic E-state index is 0. The zero-order valence-electron chi connectivity index (χ0n) is 12.5. The first-order valence-electron chi connectivity index (χ1n) is 7.60. The van der Waals surface area contributed by atoms with Crippen LogP contribution in [0.3, 0.4) is 0 Å². The summed E-state index contributed by atoms with van der Waals surface area (Å²) in [4.78, 5) is 0. The van der Waals surface area contributed by atoms with E-state index in [0.29, 0.717) is 5.92 Å². The second-order valence-corrected chi connectivity index (χ2v) is 6.08. The van der Waals surface area contributed by atoms with E-state index in [9.17, 15) is 5.11 Å². The van der Waals surface area contributed by atoms with Crippen molar-refractivity contribution < 1.29 is 5.11 Å². The molecule has 0 amide bonds. The molecule has 2 atom stereocenters. The van der Waals surface area contributed by atoms with Crippen LogP contribution in [0.2, 0.25) is 0 Å². The smallest absolute Gasteiger partial charge is 0.0761 e. The number of aliphatic hydroxyl groups is 1. The molecule has 21 heavy (non-hydrogen) atoms. The van der Waals surface area contributed by atoms with Gasteiger partial charge in [-0.1, -0.05) is 49.2 Å². The lowest BCUT2D eigenvalue weighted by atomic mass is 9.87. The average molecular weight is 306 g/mol. The molecule has 0 radical (unpaired) electrons. The molecular weight excluding hydrogens is 282 g/mol. The van der Waals surface area contributed by atoms with Gasteiger partial charge in [-0.25, -0.2) is 0 Å². The highest BCUT2D eigenvalue weighted by molar-refractivity contribution is 5.89. The SMILES string of the molecule is Cc1ccc([C@@H](N)[C@@H](O)C2CCCC2)c2ccccc12.Cl. The molecule has 0 heterocycles. The van der Waals surface area contributed by atoms with Crippen molar-refractivity contribution in [1.29, 1.82) is 0 Å². The summed E-state index contributed by atoms with van der Waals surface area (Å²) in [5.41, 5.74) is 8.72. The van der Waals surface area contributed by atoms with Crippen LogP contribution < -0.4 is 5.73 Å². The van der Waals surface area contributed by atoms with E-state index >= 15 is 0 Å². The number of nitrogens with two attached hydrogens (primary N) is 1. The first-order valence-corrected chi connectivity index (χ1v) is 7.60. The average Bonchev–Trinajstić information content (AvgIpc) is 3.01. The monoisotopic (exact) mass is 305 g/mol. The summed E-state index contributed by atoms with van der Waals surface area (Å²) in [5.74, 6) is 0.366. The van der Waals surface area contributed by atoms with Crippen LogP contribution in [0.1, 0.15) is 42.9 Å². The van der Waals surface area contributed by atoms with Gasteiger partial charge >= 0.3 is 0 Å². The number of aliphatic hydroxyl groups excluding tert-OH is 1. The van der Waals surface area contributed by atoms with Gasteiger partial charge in [-0.05, 0) is 47.6 Å². The van der Waals surface area contributed by atoms with Crippen molar-refractivity contribution in [3.8, 4) is 0 Å². The Hall–Kier alpha value is -1.09. The Kier molecular flexibility index (Phi) is 5.26. The van der Waals surface area contributed by atoms with Crippen molar-refractivity contribution in [3.05, 3.63) is 47.5 Å². The molecule has 3 N–H and O–H groups in total. The Morgan fingerprint density at radius 3 is 2.33 bits per heavy atom. The number of aryl methyl sites for hydroxylation is 1. The summed E-state index contributed by atoms with van der Waals surface area (Å²) in [6.07, 6.45) is 4.24. The second-order valence-electron chi connectivity index (χ2n) is 6.08. The predicted molar refractivity (Wildman–Crippen MR) is 90.8 cm³/mol. The van der Waals surface area contributed by atoms with E-state index in [0.717, 1.165) is 18.4 Å². The summed E-state index contributed by atoms with van der Waals surface area (Å²) in [6, 6.07) is 12.2. The maximum absolute atomic E-state index is 10.6. The molecular formula is C18H24ClNO. The summed E-state index contributed by atoms with van der Waals surface area (Å²) >= 11 is 0. The van der Waals surface area contributed by atoms with E-state index in [2.05, 4.69) is 37.3 Å². The Morgan fingerprint density at radius 1 is 1.05 bits per heavy atom. The number of hydrogen-bond donors (Lipinski definition) is 2. The highest BCUT2D eigenvalue weighted by Gasteiger charge is 2.29. The Bertz CT molecular complexity index is 607. The quantitative estimate of drug-likeness (QED) is 0.896. The van der Waals surface area contributed by atoms with E-state index in [-0.39, 0.29) is 18.4 Å². The maximum atomic E-state index is 10.6. The molecule has 2 nitrogen and oxygen atoms in total. The van der Waals surface area contributed by atoms with Crippen LogP contribution in [0, 0.1) is 12.8 Å². The van der Waals surface area contributed by atoms with Gasteiger partial charge in [0.25, 0.3) is 0 Å². The number of halogens is 1. The highest BCUT2D eigenvalue weighted by Crippen LogP contribution is 2.35. The van der Waals surface area contributed by atoms with Gasteiger partial charge in [-0.15, -0.1) is 12.4 Å². The molecule has 0 unspecified atom stereocenters. The topological polar surface area (TPSA) is 46.2 Å². The van der Waals surface area contributed by atoms with Gasteiger partial charge in [0, 0.05) is 0 Å². The van der Waals surface area contributed by atoms with Crippen molar-refractivity contribution in [2.24, 2.45) is 11.7 Å². The van der Waals surface area contributed by atoms with Crippen LogP contribution in [0.25, 0.3) is 10.8 Å². The van der Waals surface area contributed by atoms with E-state index in [1.165, 1.54) is 29.2 Å². The van der Waals surface area contributed by atoms with Crippen molar-refractivity contribution in [1.82, 2.24) is 0 Å². The van der Waals surface area contributed by atoms with Gasteiger partial charge in [0.1, 0.15) is 0 Å². The van der Waals surface area contributed by atoms with Crippen LogP contribution in [0.4, 0.5) is 0 Å². The first-order chi connectivity index (χ1) is 9.68. The van der Waals surface area contributed by atoms with Gasteiger partial charge in [0.05, 0.1) is 12.1 Å². The molecule has 0 bridgehead atoms. The minimum atomic E-state index is -0.427. The molecule has 0 spiro atoms. The number of fused-ring (bicyclic) bond motifs is 1. The van der Waals surface area contributed by atoms with Crippen molar-refractivity contribution in [2.45, 2.75) is 44.8 Å². The summed E-state index contributed by atoms with van der Waals surface area (Å²) < 4.78 is 0. The molecule has 3 heteroatoms. The summed E-state index contributed by atoms with van der Waals surface area (Å²) in [5, 5.41) is 13.0. The zero-order chi connectivity index (χ0) is 14.1. The third-order valence-corrected chi connectivity index (χ3v) is 4.79. The maximum Gasteiger partial charge on any atom is 0.0761 e. The summed E-state index contributed by atoms with van der Waals surface area (Å²) in [7, 11) is 0.